The molecule has 1 saturated carbocycles. The summed E-state index contributed by atoms with van der Waals surface area (Å²) < 4.78 is 27.7. The van der Waals surface area contributed by atoms with Crippen molar-refractivity contribution < 1.29 is 18.0 Å². The van der Waals surface area contributed by atoms with Crippen molar-refractivity contribution in [3.63, 3.8) is 0 Å². The van der Waals surface area contributed by atoms with E-state index in [0.29, 0.717) is 44.0 Å². The normalized spacial score (nSPS) is 21.2. The van der Waals surface area contributed by atoms with Gasteiger partial charge in [-0.25, -0.2) is 17.5 Å². The number of nitrogens with one attached hydrogen (secondary N) is 3. The van der Waals surface area contributed by atoms with Gasteiger partial charge in [0, 0.05) is 31.7 Å². The lowest BCUT2D eigenvalue weighted by Crippen LogP contribution is -2.51. The lowest BCUT2D eigenvalue weighted by atomic mass is 9.88. The fourth-order valence-electron chi connectivity index (χ4n) is 5.23. The predicted molar refractivity (Wildman–Crippen MR) is 132 cm³/mol. The monoisotopic (exact) mass is 489 g/mol. The van der Waals surface area contributed by atoms with Gasteiger partial charge in [0.25, 0.3) is 5.91 Å². The van der Waals surface area contributed by atoms with Gasteiger partial charge in [0.15, 0.2) is 0 Å². The molecule has 1 spiro atoms. The number of benzene rings is 1. The number of piperidine rings is 1. The molecular formula is C24H35N5O4S. The number of amides is 3. The molecule has 0 aromatic heterocycles. The van der Waals surface area contributed by atoms with E-state index < -0.39 is 15.6 Å². The first kappa shape index (κ1) is 24.7. The Morgan fingerprint density at radius 2 is 1.91 bits per heavy atom. The van der Waals surface area contributed by atoms with Gasteiger partial charge in [-0.15, -0.1) is 0 Å². The van der Waals surface area contributed by atoms with E-state index in [-0.39, 0.29) is 17.7 Å². The Hall–Kier alpha value is -2.46. The van der Waals surface area contributed by atoms with E-state index >= 15 is 0 Å². The molecule has 2 heterocycles. The first-order valence-electron chi connectivity index (χ1n) is 12.2. The maximum Gasteiger partial charge on any atom is 0.318 e. The molecule has 0 atom stereocenters. The molecular weight excluding hydrogens is 454 g/mol. The van der Waals surface area contributed by atoms with Crippen LogP contribution >= 0.6 is 0 Å². The van der Waals surface area contributed by atoms with Gasteiger partial charge in [-0.3, -0.25) is 9.79 Å². The van der Waals surface area contributed by atoms with E-state index in [0.717, 1.165) is 29.8 Å². The third kappa shape index (κ3) is 5.12. The van der Waals surface area contributed by atoms with Crippen LogP contribution in [0.1, 0.15) is 56.1 Å². The van der Waals surface area contributed by atoms with Crippen LogP contribution in [0.25, 0.3) is 0 Å². The van der Waals surface area contributed by atoms with Crippen molar-refractivity contribution in [3.8, 4) is 0 Å². The van der Waals surface area contributed by atoms with Crippen LogP contribution in [0.3, 0.4) is 0 Å². The lowest BCUT2D eigenvalue weighted by molar-refractivity contribution is -0.125. The van der Waals surface area contributed by atoms with Crippen LogP contribution in [0.15, 0.2) is 23.2 Å². The van der Waals surface area contributed by atoms with Crippen molar-refractivity contribution in [3.05, 3.63) is 29.3 Å². The van der Waals surface area contributed by atoms with Gasteiger partial charge in [0.05, 0.1) is 5.75 Å². The Morgan fingerprint density at radius 1 is 1.21 bits per heavy atom. The van der Waals surface area contributed by atoms with Gasteiger partial charge in [-0.2, -0.15) is 0 Å². The number of aryl methyl sites for hydroxylation is 1. The number of amidine groups is 1. The summed E-state index contributed by atoms with van der Waals surface area (Å²) in [5, 5.41) is 8.30. The summed E-state index contributed by atoms with van der Waals surface area (Å²) in [7, 11) is -1.94. The molecule has 0 bridgehead atoms. The van der Waals surface area contributed by atoms with E-state index in [9.17, 15) is 18.0 Å². The molecule has 186 valence electrons. The zero-order chi connectivity index (χ0) is 24.3. The number of anilines is 1. The quantitative estimate of drug-likeness (QED) is 0.569. The van der Waals surface area contributed by atoms with Crippen molar-refractivity contribution in [2.45, 2.75) is 63.8 Å². The maximum atomic E-state index is 13.1. The highest BCUT2D eigenvalue weighted by atomic mass is 32.2. The third-order valence-electron chi connectivity index (χ3n) is 7.48. The Bertz CT molecular complexity index is 1070. The molecule has 3 N–H and O–H groups in total. The second-order valence-corrected chi connectivity index (χ2v) is 11.7. The van der Waals surface area contributed by atoms with Crippen LogP contribution in [0.2, 0.25) is 0 Å². The van der Waals surface area contributed by atoms with Crippen LogP contribution < -0.4 is 16.0 Å². The summed E-state index contributed by atoms with van der Waals surface area (Å²) in [6, 6.07) is 5.17. The van der Waals surface area contributed by atoms with Gasteiger partial charge >= 0.3 is 6.03 Å². The smallest absolute Gasteiger partial charge is 0.318 e. The minimum Gasteiger partial charge on any atom is -0.341 e. The molecule has 1 saturated heterocycles. The number of nitrogens with zero attached hydrogens (tertiary/aromatic N) is 2. The van der Waals surface area contributed by atoms with Crippen molar-refractivity contribution in [1.82, 2.24) is 14.9 Å². The van der Waals surface area contributed by atoms with E-state index in [1.165, 1.54) is 23.6 Å². The SMILES string of the molecule is CNC(=O)Nc1cccc(CCS(=O)(=O)N2CCC3(CC2)N=C(C2CCCCC2)NC3=O)c1C. The Morgan fingerprint density at radius 3 is 2.59 bits per heavy atom. The van der Waals surface area contributed by atoms with E-state index in [1.54, 1.807) is 13.1 Å². The Labute approximate surface area is 201 Å². The van der Waals surface area contributed by atoms with Crippen LogP contribution in [-0.4, -0.2) is 61.9 Å². The topological polar surface area (TPSA) is 120 Å². The minimum atomic E-state index is -3.48. The molecule has 0 unspecified atom stereocenters. The van der Waals surface area contributed by atoms with Crippen LogP contribution in [0.4, 0.5) is 10.5 Å². The number of carbonyl (C=O) groups excluding carboxylic acids is 2. The first-order chi connectivity index (χ1) is 16.2. The van der Waals surface area contributed by atoms with Crippen LogP contribution in [0, 0.1) is 12.8 Å². The molecule has 1 aromatic rings. The van der Waals surface area contributed by atoms with Crippen molar-refractivity contribution in [1.29, 1.82) is 0 Å². The average Bonchev–Trinajstić information content (AvgIpc) is 3.15. The average molecular weight is 490 g/mol. The third-order valence-corrected chi connectivity index (χ3v) is 9.36. The largest absolute Gasteiger partial charge is 0.341 e. The van der Waals surface area contributed by atoms with Crippen LogP contribution in [0.5, 0.6) is 0 Å². The number of urea groups is 1. The summed E-state index contributed by atoms with van der Waals surface area (Å²) in [4.78, 5) is 29.3. The molecule has 4 rings (SSSR count). The molecule has 9 nitrogen and oxygen atoms in total. The Kier molecular flexibility index (Phi) is 7.28. The predicted octanol–water partition coefficient (Wildman–Crippen LogP) is 2.56. The molecule has 0 radical (unpaired) electrons. The first-order valence-corrected chi connectivity index (χ1v) is 13.8. The van der Waals surface area contributed by atoms with Crippen molar-refractivity contribution in [2.24, 2.45) is 10.9 Å². The Balaban J connectivity index is 1.37. The summed E-state index contributed by atoms with van der Waals surface area (Å²) >= 11 is 0. The minimum absolute atomic E-state index is 0.0208. The number of hydrogen-bond acceptors (Lipinski definition) is 5. The number of hydrogen-bond donors (Lipinski definition) is 3. The van der Waals surface area contributed by atoms with E-state index in [2.05, 4.69) is 16.0 Å². The summed E-state index contributed by atoms with van der Waals surface area (Å²) in [6.07, 6.45) is 6.89. The standard InChI is InChI=1S/C24H35N5O4S/c1-17-18(9-6-10-20(17)26-23(31)25-2)11-16-34(32,33)29-14-12-24(13-15-29)22(30)27-21(28-24)19-7-4-3-5-8-19/h6,9-10,19H,3-5,7-8,11-16H2,1-2H3,(H2,25,26,31)(H,27,28,30). The number of rotatable bonds is 6. The molecule has 10 heteroatoms. The highest BCUT2D eigenvalue weighted by Crippen LogP contribution is 2.35. The van der Waals surface area contributed by atoms with Crippen molar-refractivity contribution >= 4 is 33.5 Å². The molecule has 3 amide bonds. The summed E-state index contributed by atoms with van der Waals surface area (Å²) in [5.41, 5.74) is 1.58. The van der Waals surface area contributed by atoms with Crippen molar-refractivity contribution in [2.75, 3.05) is 31.2 Å². The molecule has 1 aliphatic carbocycles. The fraction of sp³-hybridized carbons (Fsp3) is 0.625. The lowest BCUT2D eigenvalue weighted by Gasteiger charge is -2.34. The number of carbonyl (C=O) groups is 2. The highest BCUT2D eigenvalue weighted by Gasteiger charge is 2.48. The number of sulfonamides is 1. The number of aliphatic imine (C=N–C) groups is 1. The fourth-order valence-corrected chi connectivity index (χ4v) is 6.70. The van der Waals surface area contributed by atoms with Gasteiger partial charge in [0.2, 0.25) is 10.0 Å². The van der Waals surface area contributed by atoms with Crippen LogP contribution in [-0.2, 0) is 21.2 Å². The van der Waals surface area contributed by atoms with Gasteiger partial charge < -0.3 is 16.0 Å². The zero-order valence-corrected chi connectivity index (χ0v) is 20.8. The van der Waals surface area contributed by atoms with Gasteiger partial charge in [0.1, 0.15) is 11.4 Å². The molecule has 34 heavy (non-hydrogen) atoms. The second-order valence-electron chi connectivity index (χ2n) is 9.58. The van der Waals surface area contributed by atoms with Gasteiger partial charge in [-0.05, 0) is 56.2 Å². The van der Waals surface area contributed by atoms with E-state index in [1.807, 2.05) is 19.1 Å². The zero-order valence-electron chi connectivity index (χ0n) is 20.0. The summed E-state index contributed by atoms with van der Waals surface area (Å²) in [6.45, 7) is 2.47. The summed E-state index contributed by atoms with van der Waals surface area (Å²) in [5.74, 6) is 1.06. The van der Waals surface area contributed by atoms with Gasteiger partial charge in [-0.1, -0.05) is 31.4 Å². The molecule has 3 aliphatic rings. The van der Waals surface area contributed by atoms with E-state index in [4.69, 9.17) is 4.99 Å². The molecule has 2 aliphatic heterocycles. The molecule has 2 fully saturated rings. The molecule has 1 aromatic carbocycles. The second kappa shape index (κ2) is 10.0. The highest BCUT2D eigenvalue weighted by molar-refractivity contribution is 7.89. The maximum absolute atomic E-state index is 13.1.